The average Bonchev–Trinajstić information content (AvgIpc) is 3.36. The third-order valence-electron chi connectivity index (χ3n) is 5.23. The molecule has 0 saturated heterocycles. The normalized spacial score (nSPS) is 13.0. The fraction of sp³-hybridized carbons (Fsp3) is 0.148. The molecule has 6 nitrogen and oxygen atoms in total. The number of benzene rings is 3. The fourth-order valence-corrected chi connectivity index (χ4v) is 3.48. The van der Waals surface area contributed by atoms with E-state index in [9.17, 15) is 4.79 Å². The molecule has 0 amide bonds. The number of aromatic nitrogens is 2. The number of nitrogens with zero attached hydrogens (tertiary/aromatic N) is 2. The van der Waals surface area contributed by atoms with Gasteiger partial charge in [-0.05, 0) is 48.4 Å². The van der Waals surface area contributed by atoms with Crippen LogP contribution in [0.3, 0.4) is 0 Å². The molecular formula is C27H24BrN3O3. The average molecular weight is 518 g/mol. The molecule has 1 heterocycles. The number of carbonyl (C=O) groups excluding carboxylic acids is 1. The molecule has 4 aromatic rings. The van der Waals surface area contributed by atoms with Crippen molar-refractivity contribution < 1.29 is 13.9 Å². The van der Waals surface area contributed by atoms with Gasteiger partial charge in [-0.25, -0.2) is 4.79 Å². The molecule has 1 N–H and O–H groups in total. The Balaban J connectivity index is 1.52. The van der Waals surface area contributed by atoms with Crippen molar-refractivity contribution in [2.45, 2.75) is 19.0 Å². The first-order valence-corrected chi connectivity index (χ1v) is 11.6. The van der Waals surface area contributed by atoms with Gasteiger partial charge in [0.25, 0.3) is 0 Å². The summed E-state index contributed by atoms with van der Waals surface area (Å²) in [5, 5.41) is 11.8. The third-order valence-corrected chi connectivity index (χ3v) is 5.76. The number of ether oxygens (including phenoxy) is 1. The van der Waals surface area contributed by atoms with Crippen LogP contribution in [0.1, 0.15) is 40.2 Å². The summed E-state index contributed by atoms with van der Waals surface area (Å²) in [4.78, 5) is 12.6. The molecule has 0 spiro atoms. The first-order chi connectivity index (χ1) is 16.5. The molecule has 1 unspecified atom stereocenters. The van der Waals surface area contributed by atoms with E-state index in [0.717, 1.165) is 15.6 Å². The lowest BCUT2D eigenvalue weighted by atomic mass is 10.0. The highest BCUT2D eigenvalue weighted by molar-refractivity contribution is 9.10. The molecule has 0 aliphatic rings. The Kier molecular flexibility index (Phi) is 7.67. The second-order valence-electron chi connectivity index (χ2n) is 7.94. The predicted molar refractivity (Wildman–Crippen MR) is 135 cm³/mol. The molecule has 1 aromatic heterocycles. The van der Waals surface area contributed by atoms with Crippen molar-refractivity contribution in [2.75, 3.05) is 6.61 Å². The van der Waals surface area contributed by atoms with Crippen molar-refractivity contribution in [3.05, 3.63) is 118 Å². The Morgan fingerprint density at radius 1 is 0.971 bits per heavy atom. The zero-order chi connectivity index (χ0) is 23.8. The van der Waals surface area contributed by atoms with Crippen LogP contribution in [0.2, 0.25) is 0 Å². The molecule has 0 radical (unpaired) electrons. The Labute approximate surface area is 206 Å². The Morgan fingerprint density at radius 3 is 2.35 bits per heavy atom. The largest absolute Gasteiger partial charge is 0.460 e. The molecule has 1 atom stereocenters. The molecule has 172 valence electrons. The molecule has 0 saturated carbocycles. The minimum atomic E-state index is -0.896. The van der Waals surface area contributed by atoms with Gasteiger partial charge < -0.3 is 9.15 Å². The van der Waals surface area contributed by atoms with E-state index in [4.69, 9.17) is 9.15 Å². The fourth-order valence-electron chi connectivity index (χ4n) is 3.22. The van der Waals surface area contributed by atoms with Gasteiger partial charge in [0.15, 0.2) is 0 Å². The summed E-state index contributed by atoms with van der Waals surface area (Å²) >= 11 is 3.37. The van der Waals surface area contributed by atoms with Crippen LogP contribution in [0.25, 0.3) is 12.2 Å². The van der Waals surface area contributed by atoms with Crippen LogP contribution in [0.15, 0.2) is 93.8 Å². The van der Waals surface area contributed by atoms with Gasteiger partial charge in [0, 0.05) is 17.1 Å². The molecule has 0 bridgehead atoms. The number of hydrogen-bond donors (Lipinski definition) is 1. The summed E-state index contributed by atoms with van der Waals surface area (Å²) in [5.41, 5.74) is 1.67. The SMILES string of the molecule is CC(COC(=O)c1ccc(Br)cc1)(NCc1ccccc1)c1nnc(/C=C/c2ccccc2)o1. The molecular weight excluding hydrogens is 494 g/mol. The second kappa shape index (κ2) is 11.0. The topological polar surface area (TPSA) is 77.2 Å². The van der Waals surface area contributed by atoms with Crippen molar-refractivity contribution in [1.82, 2.24) is 15.5 Å². The van der Waals surface area contributed by atoms with Crippen LogP contribution in [-0.2, 0) is 16.8 Å². The lowest BCUT2D eigenvalue weighted by molar-refractivity contribution is 0.0342. The van der Waals surface area contributed by atoms with E-state index in [0.29, 0.717) is 23.9 Å². The predicted octanol–water partition coefficient (Wildman–Crippen LogP) is 5.86. The van der Waals surface area contributed by atoms with Crippen molar-refractivity contribution >= 4 is 34.1 Å². The molecule has 0 fully saturated rings. The molecule has 4 rings (SSSR count). The summed E-state index contributed by atoms with van der Waals surface area (Å²) in [6.45, 7) is 2.42. The van der Waals surface area contributed by atoms with Gasteiger partial charge >= 0.3 is 5.97 Å². The van der Waals surface area contributed by atoms with Gasteiger partial charge in [-0.1, -0.05) is 76.6 Å². The first-order valence-electron chi connectivity index (χ1n) is 10.8. The van der Waals surface area contributed by atoms with Crippen molar-refractivity contribution in [3.8, 4) is 0 Å². The zero-order valence-electron chi connectivity index (χ0n) is 18.6. The van der Waals surface area contributed by atoms with E-state index >= 15 is 0 Å². The molecule has 0 aliphatic heterocycles. The van der Waals surface area contributed by atoms with Crippen LogP contribution in [0.5, 0.6) is 0 Å². The Bertz CT molecular complexity index is 1240. The monoisotopic (exact) mass is 517 g/mol. The second-order valence-corrected chi connectivity index (χ2v) is 8.86. The van der Waals surface area contributed by atoms with E-state index < -0.39 is 11.5 Å². The van der Waals surface area contributed by atoms with Crippen LogP contribution < -0.4 is 5.32 Å². The smallest absolute Gasteiger partial charge is 0.338 e. The van der Waals surface area contributed by atoms with Gasteiger partial charge in [0.2, 0.25) is 11.8 Å². The number of halogens is 1. The van der Waals surface area contributed by atoms with E-state index in [-0.39, 0.29) is 6.61 Å². The number of esters is 1. The minimum absolute atomic E-state index is 0.0127. The highest BCUT2D eigenvalue weighted by atomic mass is 79.9. The van der Waals surface area contributed by atoms with Gasteiger partial charge in [-0.2, -0.15) is 0 Å². The minimum Gasteiger partial charge on any atom is -0.460 e. The lowest BCUT2D eigenvalue weighted by Gasteiger charge is -2.27. The number of hydrogen-bond acceptors (Lipinski definition) is 6. The summed E-state index contributed by atoms with van der Waals surface area (Å²) in [5.74, 6) is 0.273. The summed E-state index contributed by atoms with van der Waals surface area (Å²) < 4.78 is 12.5. The highest BCUT2D eigenvalue weighted by Gasteiger charge is 2.34. The van der Waals surface area contributed by atoms with E-state index in [2.05, 4.69) is 31.4 Å². The Hall–Kier alpha value is -3.55. The van der Waals surface area contributed by atoms with Gasteiger partial charge in [0.05, 0.1) is 5.56 Å². The number of rotatable bonds is 9. The third kappa shape index (κ3) is 6.27. The maximum atomic E-state index is 12.6. The van der Waals surface area contributed by atoms with Crippen LogP contribution in [0, 0.1) is 0 Å². The van der Waals surface area contributed by atoms with E-state index in [1.165, 1.54) is 0 Å². The number of carbonyl (C=O) groups is 1. The molecule has 7 heteroatoms. The number of nitrogens with one attached hydrogen (secondary N) is 1. The standard InChI is InChI=1S/C27H24BrN3O3/c1-27(29-18-21-10-6-3-7-11-21,19-33-25(32)22-13-15-23(28)16-14-22)26-31-30-24(34-26)17-12-20-8-4-2-5-9-20/h2-17,29H,18-19H2,1H3/b17-12+. The van der Waals surface area contributed by atoms with Gasteiger partial charge in [-0.15, -0.1) is 10.2 Å². The van der Waals surface area contributed by atoms with Crippen molar-refractivity contribution in [1.29, 1.82) is 0 Å². The van der Waals surface area contributed by atoms with Gasteiger partial charge in [0.1, 0.15) is 12.1 Å². The van der Waals surface area contributed by atoms with Crippen molar-refractivity contribution in [3.63, 3.8) is 0 Å². The van der Waals surface area contributed by atoms with Gasteiger partial charge in [-0.3, -0.25) is 5.32 Å². The lowest BCUT2D eigenvalue weighted by Crippen LogP contribution is -2.44. The van der Waals surface area contributed by atoms with Crippen molar-refractivity contribution in [2.24, 2.45) is 0 Å². The maximum absolute atomic E-state index is 12.6. The Morgan fingerprint density at radius 2 is 1.65 bits per heavy atom. The quantitative estimate of drug-likeness (QED) is 0.280. The molecule has 3 aromatic carbocycles. The maximum Gasteiger partial charge on any atom is 0.338 e. The van der Waals surface area contributed by atoms with Crippen LogP contribution in [0.4, 0.5) is 0 Å². The highest BCUT2D eigenvalue weighted by Crippen LogP contribution is 2.23. The van der Waals surface area contributed by atoms with Crippen LogP contribution >= 0.6 is 15.9 Å². The molecule has 0 aliphatic carbocycles. The summed E-state index contributed by atoms with van der Waals surface area (Å²) in [6, 6.07) is 26.8. The summed E-state index contributed by atoms with van der Waals surface area (Å²) in [6.07, 6.45) is 3.66. The first kappa shape index (κ1) is 23.6. The zero-order valence-corrected chi connectivity index (χ0v) is 20.2. The van der Waals surface area contributed by atoms with E-state index in [1.54, 1.807) is 30.3 Å². The van der Waals surface area contributed by atoms with E-state index in [1.807, 2.05) is 73.7 Å². The van der Waals surface area contributed by atoms with Crippen LogP contribution in [-0.4, -0.2) is 22.8 Å². The molecule has 34 heavy (non-hydrogen) atoms. The summed E-state index contributed by atoms with van der Waals surface area (Å²) in [7, 11) is 0.